The first-order chi connectivity index (χ1) is 8.69. The van der Waals surface area contributed by atoms with Crippen molar-refractivity contribution in [3.8, 4) is 6.01 Å². The molecule has 0 saturated carbocycles. The Hall–Kier alpha value is -2.15. The van der Waals surface area contributed by atoms with Crippen LogP contribution in [0.15, 0.2) is 18.3 Å². The highest BCUT2D eigenvalue weighted by Crippen LogP contribution is 2.09. The molecule has 7 nitrogen and oxygen atoms in total. The number of carbonyl (C=O) groups excluding carboxylic acids is 1. The van der Waals surface area contributed by atoms with Crippen LogP contribution in [0, 0.1) is 0 Å². The molecule has 0 aromatic carbocycles. The van der Waals surface area contributed by atoms with Crippen molar-refractivity contribution in [2.45, 2.75) is 6.92 Å². The minimum atomic E-state index is -0.411. The van der Waals surface area contributed by atoms with E-state index in [-0.39, 0.29) is 17.7 Å². The van der Waals surface area contributed by atoms with E-state index in [1.54, 1.807) is 6.07 Å². The molecule has 2 aromatic rings. The first-order valence-electron chi connectivity index (χ1n) is 5.17. The van der Waals surface area contributed by atoms with E-state index in [1.807, 2.05) is 6.92 Å². The summed E-state index contributed by atoms with van der Waals surface area (Å²) >= 11 is 5.68. The van der Waals surface area contributed by atoms with Crippen LogP contribution in [-0.2, 0) is 0 Å². The van der Waals surface area contributed by atoms with Gasteiger partial charge in [-0.05, 0) is 19.1 Å². The summed E-state index contributed by atoms with van der Waals surface area (Å²) in [5, 5.41) is 9.25. The summed E-state index contributed by atoms with van der Waals surface area (Å²) in [7, 11) is 0. The van der Waals surface area contributed by atoms with Crippen LogP contribution in [0.1, 0.15) is 17.4 Å². The van der Waals surface area contributed by atoms with E-state index in [4.69, 9.17) is 16.3 Å². The summed E-state index contributed by atoms with van der Waals surface area (Å²) in [6.07, 6.45) is 1.39. The predicted octanol–water partition coefficient (Wildman–Crippen LogP) is 1.50. The summed E-state index contributed by atoms with van der Waals surface area (Å²) in [6, 6.07) is 3.27. The van der Waals surface area contributed by atoms with Crippen LogP contribution in [0.25, 0.3) is 0 Å². The molecular weight excluding hydrogens is 258 g/mol. The number of nitrogens with zero attached hydrogens (tertiary/aromatic N) is 3. The zero-order chi connectivity index (χ0) is 13.0. The Morgan fingerprint density at radius 3 is 3.06 bits per heavy atom. The Bertz CT molecular complexity index is 539. The Balaban J connectivity index is 2.04. The molecular formula is C10H10ClN5O2. The van der Waals surface area contributed by atoms with Crippen LogP contribution in [0.3, 0.4) is 0 Å². The molecule has 0 bridgehead atoms. The molecule has 18 heavy (non-hydrogen) atoms. The standard InChI is InChI=1S/C10H10ClN5O2/c1-2-18-10-14-9(15-16-10)13-8(17)7-4-3-6(11)5-12-7/h3-5H,2H2,1H3,(H2,13,14,15,16,17). The van der Waals surface area contributed by atoms with Gasteiger partial charge < -0.3 is 4.74 Å². The topological polar surface area (TPSA) is 92.8 Å². The van der Waals surface area contributed by atoms with Gasteiger partial charge in [0.15, 0.2) is 0 Å². The predicted molar refractivity (Wildman–Crippen MR) is 64.8 cm³/mol. The van der Waals surface area contributed by atoms with Crippen molar-refractivity contribution in [2.75, 3.05) is 11.9 Å². The zero-order valence-electron chi connectivity index (χ0n) is 9.48. The first kappa shape index (κ1) is 12.3. The third-order valence-electron chi connectivity index (χ3n) is 1.93. The maximum absolute atomic E-state index is 11.7. The highest BCUT2D eigenvalue weighted by Gasteiger charge is 2.10. The maximum Gasteiger partial charge on any atom is 0.337 e. The number of pyridine rings is 1. The quantitative estimate of drug-likeness (QED) is 0.876. The third kappa shape index (κ3) is 2.95. The second-order valence-electron chi connectivity index (χ2n) is 3.22. The van der Waals surface area contributed by atoms with Gasteiger partial charge in [-0.2, -0.15) is 4.98 Å². The lowest BCUT2D eigenvalue weighted by molar-refractivity contribution is 0.102. The van der Waals surface area contributed by atoms with Crippen molar-refractivity contribution in [1.82, 2.24) is 20.2 Å². The molecule has 8 heteroatoms. The Kier molecular flexibility index (Phi) is 3.73. The first-order valence-corrected chi connectivity index (χ1v) is 5.55. The minimum Gasteiger partial charge on any atom is -0.463 e. The second kappa shape index (κ2) is 5.46. The molecule has 0 unspecified atom stereocenters. The molecule has 2 N–H and O–H groups in total. The van der Waals surface area contributed by atoms with Crippen LogP contribution in [0.5, 0.6) is 6.01 Å². The van der Waals surface area contributed by atoms with Crippen molar-refractivity contribution >= 4 is 23.5 Å². The lowest BCUT2D eigenvalue weighted by Crippen LogP contribution is -2.14. The summed E-state index contributed by atoms with van der Waals surface area (Å²) < 4.78 is 5.05. The zero-order valence-corrected chi connectivity index (χ0v) is 10.2. The molecule has 0 aliphatic heterocycles. The van der Waals surface area contributed by atoms with Gasteiger partial charge in [-0.1, -0.05) is 11.6 Å². The molecule has 1 amide bonds. The Morgan fingerprint density at radius 2 is 2.39 bits per heavy atom. The number of hydrogen-bond acceptors (Lipinski definition) is 5. The number of halogens is 1. The number of carbonyl (C=O) groups is 1. The van der Waals surface area contributed by atoms with E-state index >= 15 is 0 Å². The van der Waals surface area contributed by atoms with Gasteiger partial charge in [0.2, 0.25) is 5.95 Å². The molecule has 0 fully saturated rings. The van der Waals surface area contributed by atoms with Gasteiger partial charge in [0.1, 0.15) is 5.69 Å². The average Bonchev–Trinajstić information content (AvgIpc) is 2.78. The summed E-state index contributed by atoms with van der Waals surface area (Å²) in [5.41, 5.74) is 0.230. The SMILES string of the molecule is CCOc1n[nH]c(NC(=O)c2ccc(Cl)cn2)n1. The van der Waals surface area contributed by atoms with E-state index in [0.717, 1.165) is 0 Å². The third-order valence-corrected chi connectivity index (χ3v) is 2.15. The normalized spacial score (nSPS) is 10.1. The number of rotatable bonds is 4. The van der Waals surface area contributed by atoms with Crippen molar-refractivity contribution in [2.24, 2.45) is 0 Å². The Morgan fingerprint density at radius 1 is 1.56 bits per heavy atom. The number of anilines is 1. The lowest BCUT2D eigenvalue weighted by Gasteiger charge is -2.00. The molecule has 0 radical (unpaired) electrons. The van der Waals surface area contributed by atoms with E-state index < -0.39 is 5.91 Å². The number of aromatic amines is 1. The number of hydrogen-bond donors (Lipinski definition) is 2. The molecule has 2 aromatic heterocycles. The monoisotopic (exact) mass is 267 g/mol. The van der Waals surface area contributed by atoms with E-state index in [9.17, 15) is 4.79 Å². The molecule has 0 aliphatic carbocycles. The molecule has 2 rings (SSSR count). The van der Waals surface area contributed by atoms with Crippen molar-refractivity contribution in [3.63, 3.8) is 0 Å². The van der Waals surface area contributed by atoms with Gasteiger partial charge in [0.05, 0.1) is 11.6 Å². The van der Waals surface area contributed by atoms with Crippen molar-refractivity contribution < 1.29 is 9.53 Å². The average molecular weight is 268 g/mol. The van der Waals surface area contributed by atoms with Crippen LogP contribution in [0.4, 0.5) is 5.95 Å². The van der Waals surface area contributed by atoms with Gasteiger partial charge in [-0.15, -0.1) is 5.10 Å². The van der Waals surface area contributed by atoms with Crippen LogP contribution in [-0.4, -0.2) is 32.7 Å². The van der Waals surface area contributed by atoms with E-state index in [0.29, 0.717) is 11.6 Å². The summed E-state index contributed by atoms with van der Waals surface area (Å²) in [6.45, 7) is 2.26. The minimum absolute atomic E-state index is 0.178. The van der Waals surface area contributed by atoms with Crippen LogP contribution < -0.4 is 10.1 Å². The fourth-order valence-corrected chi connectivity index (χ4v) is 1.29. The highest BCUT2D eigenvalue weighted by atomic mass is 35.5. The van der Waals surface area contributed by atoms with Gasteiger partial charge in [0, 0.05) is 6.20 Å². The largest absolute Gasteiger partial charge is 0.463 e. The molecule has 94 valence electrons. The molecule has 0 aliphatic rings. The maximum atomic E-state index is 11.7. The number of ether oxygens (including phenoxy) is 1. The van der Waals surface area contributed by atoms with Gasteiger partial charge in [-0.3, -0.25) is 10.1 Å². The number of nitrogens with one attached hydrogen (secondary N) is 2. The van der Waals surface area contributed by atoms with Crippen LogP contribution >= 0.6 is 11.6 Å². The van der Waals surface area contributed by atoms with Gasteiger partial charge >= 0.3 is 6.01 Å². The number of amides is 1. The summed E-state index contributed by atoms with van der Waals surface area (Å²) in [5.74, 6) is -0.217. The fraction of sp³-hybridized carbons (Fsp3) is 0.200. The highest BCUT2D eigenvalue weighted by molar-refractivity contribution is 6.30. The molecule has 0 saturated heterocycles. The Labute approximate surface area is 108 Å². The lowest BCUT2D eigenvalue weighted by atomic mass is 10.3. The van der Waals surface area contributed by atoms with Crippen molar-refractivity contribution in [3.05, 3.63) is 29.0 Å². The number of aromatic nitrogens is 4. The second-order valence-corrected chi connectivity index (χ2v) is 3.65. The van der Waals surface area contributed by atoms with Crippen molar-refractivity contribution in [1.29, 1.82) is 0 Å². The molecule has 0 atom stereocenters. The van der Waals surface area contributed by atoms with E-state index in [2.05, 4.69) is 25.5 Å². The van der Waals surface area contributed by atoms with Crippen LogP contribution in [0.2, 0.25) is 5.02 Å². The fourth-order valence-electron chi connectivity index (χ4n) is 1.18. The van der Waals surface area contributed by atoms with Gasteiger partial charge in [-0.25, -0.2) is 10.1 Å². The molecule has 0 spiro atoms. The summed E-state index contributed by atoms with van der Waals surface area (Å²) in [4.78, 5) is 19.5. The molecule has 2 heterocycles. The number of H-pyrrole nitrogens is 1. The van der Waals surface area contributed by atoms with E-state index in [1.165, 1.54) is 12.3 Å². The van der Waals surface area contributed by atoms with Gasteiger partial charge in [0.25, 0.3) is 5.91 Å². The smallest absolute Gasteiger partial charge is 0.337 e.